The Morgan fingerprint density at radius 1 is 0.727 bits per heavy atom. The van der Waals surface area contributed by atoms with Crippen LogP contribution in [-0.4, -0.2) is 10.4 Å². The van der Waals surface area contributed by atoms with Crippen molar-refractivity contribution < 1.29 is 4.21 Å². The van der Waals surface area contributed by atoms with Crippen LogP contribution in [0.2, 0.25) is 0 Å². The van der Waals surface area contributed by atoms with Gasteiger partial charge in [-0.2, -0.15) is 4.40 Å². The molecule has 0 saturated carbocycles. The lowest BCUT2D eigenvalue weighted by atomic mass is 10.1. The quantitative estimate of drug-likeness (QED) is 0.653. The summed E-state index contributed by atoms with van der Waals surface area (Å²) >= 11 is 0. The van der Waals surface area contributed by atoms with Gasteiger partial charge in [-0.05, 0) is 22.8 Å². The van der Waals surface area contributed by atoms with E-state index >= 15 is 0 Å². The standard InChI is InChI=1S/C19H15NOS/c21-22(20-15-16-9-3-1-4-10-16)19-14-8-7-13-18(19)17-11-5-2-6-12-17/h1-15H/b20-15+. The largest absolute Gasteiger partial charge is 0.229 e. The highest BCUT2D eigenvalue weighted by Crippen LogP contribution is 2.26. The van der Waals surface area contributed by atoms with E-state index in [0.29, 0.717) is 0 Å². The first-order valence-corrected chi connectivity index (χ1v) is 8.11. The van der Waals surface area contributed by atoms with Crippen molar-refractivity contribution in [3.8, 4) is 11.1 Å². The Kier molecular flexibility index (Phi) is 4.56. The van der Waals surface area contributed by atoms with Gasteiger partial charge < -0.3 is 0 Å². The molecule has 0 radical (unpaired) electrons. The van der Waals surface area contributed by atoms with Crippen molar-refractivity contribution in [2.24, 2.45) is 4.40 Å². The molecule has 0 spiro atoms. The molecule has 0 aliphatic heterocycles. The van der Waals surface area contributed by atoms with Gasteiger partial charge in [0, 0.05) is 6.21 Å². The zero-order chi connectivity index (χ0) is 15.2. The number of rotatable bonds is 4. The minimum atomic E-state index is -1.43. The van der Waals surface area contributed by atoms with E-state index < -0.39 is 11.0 Å². The molecule has 22 heavy (non-hydrogen) atoms. The Hall–Kier alpha value is -2.52. The van der Waals surface area contributed by atoms with E-state index in [0.717, 1.165) is 21.6 Å². The third-order valence-corrected chi connectivity index (χ3v) is 4.29. The lowest BCUT2D eigenvalue weighted by molar-refractivity contribution is 0.685. The first-order chi connectivity index (χ1) is 10.8. The molecule has 1 atom stereocenters. The maximum Gasteiger partial charge on any atom is 0.173 e. The maximum atomic E-state index is 12.5. The Morgan fingerprint density at radius 2 is 1.32 bits per heavy atom. The Labute approximate surface area is 132 Å². The molecule has 1 unspecified atom stereocenters. The van der Waals surface area contributed by atoms with E-state index in [-0.39, 0.29) is 0 Å². The molecule has 0 fully saturated rings. The predicted octanol–water partition coefficient (Wildman–Crippen LogP) is 4.50. The summed E-state index contributed by atoms with van der Waals surface area (Å²) in [5.41, 5.74) is 2.93. The number of nitrogens with zero attached hydrogens (tertiary/aromatic N) is 1. The van der Waals surface area contributed by atoms with Crippen LogP contribution in [0, 0.1) is 0 Å². The Balaban J connectivity index is 1.92. The summed E-state index contributed by atoms with van der Waals surface area (Å²) in [6.45, 7) is 0. The van der Waals surface area contributed by atoms with Crippen molar-refractivity contribution >= 4 is 17.2 Å². The minimum absolute atomic E-state index is 0.723. The van der Waals surface area contributed by atoms with Gasteiger partial charge in [-0.3, -0.25) is 0 Å². The van der Waals surface area contributed by atoms with E-state index in [9.17, 15) is 4.21 Å². The molecule has 3 aromatic carbocycles. The van der Waals surface area contributed by atoms with Crippen LogP contribution in [-0.2, 0) is 11.0 Å². The van der Waals surface area contributed by atoms with Crippen LogP contribution in [0.3, 0.4) is 0 Å². The van der Waals surface area contributed by atoms with Crippen LogP contribution in [0.15, 0.2) is 94.2 Å². The molecule has 2 nitrogen and oxygen atoms in total. The fourth-order valence-corrected chi connectivity index (χ4v) is 3.08. The SMILES string of the molecule is O=S(/N=C/c1ccccc1)c1ccccc1-c1ccccc1. The molecule has 3 heteroatoms. The van der Waals surface area contributed by atoms with E-state index in [1.165, 1.54) is 0 Å². The second-order valence-corrected chi connectivity index (χ2v) is 5.91. The van der Waals surface area contributed by atoms with E-state index in [1.54, 1.807) is 6.21 Å². The molecule has 0 bridgehead atoms. The third kappa shape index (κ3) is 3.38. The van der Waals surface area contributed by atoms with Gasteiger partial charge in [0.15, 0.2) is 11.0 Å². The maximum absolute atomic E-state index is 12.5. The number of benzene rings is 3. The summed E-state index contributed by atoms with van der Waals surface area (Å²) in [4.78, 5) is 0.723. The summed E-state index contributed by atoms with van der Waals surface area (Å²) in [5, 5.41) is 0. The van der Waals surface area contributed by atoms with Gasteiger partial charge >= 0.3 is 0 Å². The van der Waals surface area contributed by atoms with Crippen molar-refractivity contribution in [2.45, 2.75) is 4.90 Å². The smallest absolute Gasteiger partial charge is 0.173 e. The van der Waals surface area contributed by atoms with Crippen molar-refractivity contribution in [2.75, 3.05) is 0 Å². The van der Waals surface area contributed by atoms with E-state index in [2.05, 4.69) is 4.40 Å². The second-order valence-electron chi connectivity index (χ2n) is 4.76. The van der Waals surface area contributed by atoms with Gasteiger partial charge in [0.1, 0.15) is 0 Å². The highest BCUT2D eigenvalue weighted by atomic mass is 32.2. The fraction of sp³-hybridized carbons (Fsp3) is 0. The number of hydrogen-bond acceptors (Lipinski definition) is 1. The molecule has 0 amide bonds. The van der Waals surface area contributed by atoms with Crippen molar-refractivity contribution in [1.29, 1.82) is 0 Å². The van der Waals surface area contributed by atoms with Gasteiger partial charge in [0.2, 0.25) is 0 Å². The van der Waals surface area contributed by atoms with E-state index in [4.69, 9.17) is 0 Å². The topological polar surface area (TPSA) is 29.4 Å². The normalized spacial score (nSPS) is 12.4. The molecule has 3 rings (SSSR count). The molecule has 108 valence electrons. The molecule has 0 saturated heterocycles. The average molecular weight is 305 g/mol. The summed E-state index contributed by atoms with van der Waals surface area (Å²) in [6, 6.07) is 27.3. The highest BCUT2D eigenvalue weighted by Gasteiger charge is 2.09. The summed E-state index contributed by atoms with van der Waals surface area (Å²) in [7, 11) is -1.43. The third-order valence-electron chi connectivity index (χ3n) is 3.26. The molecule has 0 aliphatic carbocycles. The summed E-state index contributed by atoms with van der Waals surface area (Å²) < 4.78 is 16.7. The average Bonchev–Trinajstić information content (AvgIpc) is 2.61. The van der Waals surface area contributed by atoms with Crippen LogP contribution in [0.25, 0.3) is 11.1 Å². The lowest BCUT2D eigenvalue weighted by Gasteiger charge is -2.06. The van der Waals surface area contributed by atoms with Crippen LogP contribution in [0.5, 0.6) is 0 Å². The predicted molar refractivity (Wildman–Crippen MR) is 92.3 cm³/mol. The molecule has 0 N–H and O–H groups in total. The van der Waals surface area contributed by atoms with Crippen LogP contribution >= 0.6 is 0 Å². The van der Waals surface area contributed by atoms with Crippen molar-refractivity contribution in [3.63, 3.8) is 0 Å². The lowest BCUT2D eigenvalue weighted by Crippen LogP contribution is -1.93. The zero-order valence-electron chi connectivity index (χ0n) is 11.9. The molecule has 0 aliphatic rings. The van der Waals surface area contributed by atoms with Crippen molar-refractivity contribution in [3.05, 3.63) is 90.5 Å². The fourth-order valence-electron chi connectivity index (χ4n) is 2.18. The molecule has 3 aromatic rings. The van der Waals surface area contributed by atoms with Crippen LogP contribution in [0.4, 0.5) is 0 Å². The Morgan fingerprint density at radius 3 is 2.05 bits per heavy atom. The first kappa shape index (κ1) is 14.4. The van der Waals surface area contributed by atoms with Gasteiger partial charge in [-0.15, -0.1) is 0 Å². The number of hydrogen-bond donors (Lipinski definition) is 0. The summed E-state index contributed by atoms with van der Waals surface area (Å²) in [5.74, 6) is 0. The van der Waals surface area contributed by atoms with E-state index in [1.807, 2.05) is 84.9 Å². The van der Waals surface area contributed by atoms with Gasteiger partial charge in [-0.25, -0.2) is 4.21 Å². The summed E-state index contributed by atoms with van der Waals surface area (Å²) in [6.07, 6.45) is 1.65. The first-order valence-electron chi connectivity index (χ1n) is 7.00. The van der Waals surface area contributed by atoms with Gasteiger partial charge in [-0.1, -0.05) is 78.9 Å². The van der Waals surface area contributed by atoms with Crippen LogP contribution < -0.4 is 0 Å². The molecular formula is C19H15NOS. The second kappa shape index (κ2) is 6.96. The van der Waals surface area contributed by atoms with Gasteiger partial charge in [0.05, 0.1) is 4.90 Å². The molecule has 0 heterocycles. The Bertz CT molecular complexity index is 798. The highest BCUT2D eigenvalue weighted by molar-refractivity contribution is 7.84. The van der Waals surface area contributed by atoms with Gasteiger partial charge in [0.25, 0.3) is 0 Å². The zero-order valence-corrected chi connectivity index (χ0v) is 12.7. The minimum Gasteiger partial charge on any atom is -0.229 e. The molecule has 0 aromatic heterocycles. The molecular weight excluding hydrogens is 290 g/mol. The van der Waals surface area contributed by atoms with Crippen LogP contribution in [0.1, 0.15) is 5.56 Å². The van der Waals surface area contributed by atoms with Crippen molar-refractivity contribution in [1.82, 2.24) is 0 Å². The monoisotopic (exact) mass is 305 g/mol.